The first-order chi connectivity index (χ1) is 12.0. The fourth-order valence-corrected chi connectivity index (χ4v) is 4.51. The number of aryl methyl sites for hydroxylation is 1. The van der Waals surface area contributed by atoms with Gasteiger partial charge in [0.15, 0.2) is 5.78 Å². The monoisotopic (exact) mass is 352 g/mol. The van der Waals surface area contributed by atoms with Gasteiger partial charge in [-0.25, -0.2) is 4.99 Å². The first kappa shape index (κ1) is 17.9. The van der Waals surface area contributed by atoms with Crippen molar-refractivity contribution in [1.29, 1.82) is 5.26 Å². The zero-order chi connectivity index (χ0) is 18.0. The maximum absolute atomic E-state index is 12.7. The van der Waals surface area contributed by atoms with Gasteiger partial charge in [-0.1, -0.05) is 43.7 Å². The van der Waals surface area contributed by atoms with Gasteiger partial charge in [0.25, 0.3) is 0 Å². The van der Waals surface area contributed by atoms with Crippen LogP contribution in [0.4, 0.5) is 0 Å². The summed E-state index contributed by atoms with van der Waals surface area (Å²) in [6.45, 7) is 6.39. The van der Waals surface area contributed by atoms with Gasteiger partial charge in [0, 0.05) is 29.4 Å². The largest absolute Gasteiger partial charge is 0.294 e. The highest BCUT2D eigenvalue weighted by Crippen LogP contribution is 2.44. The summed E-state index contributed by atoms with van der Waals surface area (Å²) >= 11 is 1.68. The Bertz CT molecular complexity index is 768. The van der Waals surface area contributed by atoms with E-state index in [9.17, 15) is 10.1 Å². The molecule has 0 N–H and O–H groups in total. The average molecular weight is 353 g/mol. The molecule has 2 atom stereocenters. The second-order valence-corrected chi connectivity index (χ2v) is 8.33. The summed E-state index contributed by atoms with van der Waals surface area (Å²) in [5, 5.41) is 10.8. The molecule has 1 aliphatic carbocycles. The zero-order valence-corrected chi connectivity index (χ0v) is 15.9. The van der Waals surface area contributed by atoms with Crippen LogP contribution < -0.4 is 0 Å². The number of benzene rings is 1. The highest BCUT2D eigenvalue weighted by Gasteiger charge is 2.40. The van der Waals surface area contributed by atoms with Crippen LogP contribution in [0.1, 0.15) is 50.2 Å². The minimum atomic E-state index is -0.368. The third-order valence-electron chi connectivity index (χ3n) is 4.72. The molecular formula is C21H24N2OS. The van der Waals surface area contributed by atoms with E-state index in [1.165, 1.54) is 5.56 Å². The van der Waals surface area contributed by atoms with Crippen molar-refractivity contribution < 1.29 is 4.79 Å². The van der Waals surface area contributed by atoms with E-state index in [1.54, 1.807) is 11.8 Å². The molecule has 1 aliphatic heterocycles. The lowest BCUT2D eigenvalue weighted by atomic mass is 9.74. The molecule has 4 heteroatoms. The van der Waals surface area contributed by atoms with E-state index in [2.05, 4.69) is 44.2 Å². The number of nitrogens with zero attached hydrogens (tertiary/aromatic N) is 2. The van der Waals surface area contributed by atoms with Crippen molar-refractivity contribution in [2.75, 3.05) is 5.75 Å². The predicted octanol–water partition coefficient (Wildman–Crippen LogP) is 5.03. The normalized spacial score (nSPS) is 23.3. The Hall–Kier alpha value is -1.86. The molecule has 25 heavy (non-hydrogen) atoms. The number of carbonyl (C=O) groups is 1. The lowest BCUT2D eigenvalue weighted by Crippen LogP contribution is -2.31. The molecule has 130 valence electrons. The average Bonchev–Trinajstić information content (AvgIpc) is 2.59. The standard InChI is InChI=1S/C21H24N2OS/c1-13(2)12-25-21-16(11-22)19(15-9-7-14(3)8-10-15)20-17(23-21)5-4-6-18(20)24/h7-10,13,16,19H,4-6,12H2,1-3H3/t16?,19-/m0/s1. The van der Waals surface area contributed by atoms with E-state index in [0.717, 1.165) is 40.5 Å². The Kier molecular flexibility index (Phi) is 5.44. The lowest BCUT2D eigenvalue weighted by molar-refractivity contribution is -0.116. The summed E-state index contributed by atoms with van der Waals surface area (Å²) in [5.41, 5.74) is 3.94. The zero-order valence-electron chi connectivity index (χ0n) is 15.1. The van der Waals surface area contributed by atoms with E-state index >= 15 is 0 Å². The van der Waals surface area contributed by atoms with Crippen molar-refractivity contribution in [3.63, 3.8) is 0 Å². The molecule has 0 radical (unpaired) electrons. The molecule has 0 bridgehead atoms. The number of Topliss-reactive ketones (excluding diaryl/α,β-unsaturated/α-hetero) is 1. The summed E-state index contributed by atoms with van der Waals surface area (Å²) in [5.74, 6) is 1.10. The van der Waals surface area contributed by atoms with Crippen molar-refractivity contribution in [1.82, 2.24) is 0 Å². The summed E-state index contributed by atoms with van der Waals surface area (Å²) in [7, 11) is 0. The van der Waals surface area contributed by atoms with E-state index in [-0.39, 0.29) is 17.6 Å². The number of allylic oxidation sites excluding steroid dienone is 2. The van der Waals surface area contributed by atoms with Gasteiger partial charge >= 0.3 is 0 Å². The van der Waals surface area contributed by atoms with Gasteiger partial charge in [-0.15, -0.1) is 11.8 Å². The second-order valence-electron chi connectivity index (χ2n) is 7.29. The van der Waals surface area contributed by atoms with Crippen LogP contribution in [0, 0.1) is 30.1 Å². The van der Waals surface area contributed by atoms with Crippen LogP contribution in [-0.4, -0.2) is 16.6 Å². The van der Waals surface area contributed by atoms with E-state index < -0.39 is 0 Å². The SMILES string of the molecule is Cc1ccc([C@@H]2C3=C(CCCC3=O)N=C(SCC(C)C)C2C#N)cc1. The van der Waals surface area contributed by atoms with E-state index in [0.29, 0.717) is 12.3 Å². The van der Waals surface area contributed by atoms with Gasteiger partial charge in [0.1, 0.15) is 5.92 Å². The number of rotatable bonds is 3. The number of aliphatic imine (C=N–C) groups is 1. The number of hydrogen-bond donors (Lipinski definition) is 0. The highest BCUT2D eigenvalue weighted by molar-refractivity contribution is 8.14. The molecule has 3 nitrogen and oxygen atoms in total. The molecule has 0 amide bonds. The molecule has 0 saturated carbocycles. The fourth-order valence-electron chi connectivity index (χ4n) is 3.46. The van der Waals surface area contributed by atoms with Gasteiger partial charge in [-0.05, 0) is 31.2 Å². The van der Waals surface area contributed by atoms with Crippen molar-refractivity contribution in [2.45, 2.75) is 46.0 Å². The molecule has 0 saturated heterocycles. The minimum absolute atomic E-state index is 0.170. The smallest absolute Gasteiger partial charge is 0.161 e. The Morgan fingerprint density at radius 1 is 1.28 bits per heavy atom. The van der Waals surface area contributed by atoms with Crippen LogP contribution in [0.3, 0.4) is 0 Å². The Morgan fingerprint density at radius 3 is 2.64 bits per heavy atom. The van der Waals surface area contributed by atoms with E-state index in [4.69, 9.17) is 4.99 Å². The van der Waals surface area contributed by atoms with Crippen molar-refractivity contribution in [3.8, 4) is 6.07 Å². The van der Waals surface area contributed by atoms with Gasteiger partial charge in [-0.3, -0.25) is 4.79 Å². The summed E-state index contributed by atoms with van der Waals surface area (Å²) < 4.78 is 0. The second kappa shape index (κ2) is 7.58. The van der Waals surface area contributed by atoms with Crippen LogP contribution in [-0.2, 0) is 4.79 Å². The maximum Gasteiger partial charge on any atom is 0.161 e. The molecule has 0 spiro atoms. The quantitative estimate of drug-likeness (QED) is 0.767. The topological polar surface area (TPSA) is 53.2 Å². The molecule has 1 aromatic rings. The third-order valence-corrected chi connectivity index (χ3v) is 6.20. The predicted molar refractivity (Wildman–Crippen MR) is 104 cm³/mol. The molecule has 1 unspecified atom stereocenters. The number of thioether (sulfide) groups is 1. The molecule has 0 aromatic heterocycles. The molecule has 1 aromatic carbocycles. The number of ketones is 1. The van der Waals surface area contributed by atoms with Crippen LogP contribution >= 0.6 is 11.8 Å². The molecule has 3 rings (SSSR count). The minimum Gasteiger partial charge on any atom is -0.294 e. The van der Waals surface area contributed by atoms with Crippen LogP contribution in [0.15, 0.2) is 40.5 Å². The number of hydrogen-bond acceptors (Lipinski definition) is 4. The molecule has 0 fully saturated rings. The van der Waals surface area contributed by atoms with Gasteiger partial charge < -0.3 is 0 Å². The Balaban J connectivity index is 2.08. The molecular weight excluding hydrogens is 328 g/mol. The molecule has 1 heterocycles. The fraction of sp³-hybridized carbons (Fsp3) is 0.476. The maximum atomic E-state index is 12.7. The van der Waals surface area contributed by atoms with Gasteiger partial charge in [0.2, 0.25) is 0 Å². The van der Waals surface area contributed by atoms with E-state index in [1.807, 2.05) is 6.92 Å². The highest BCUT2D eigenvalue weighted by atomic mass is 32.2. The van der Waals surface area contributed by atoms with Crippen LogP contribution in [0.5, 0.6) is 0 Å². The Morgan fingerprint density at radius 2 is 2.00 bits per heavy atom. The summed E-state index contributed by atoms with van der Waals surface area (Å²) in [6.07, 6.45) is 2.28. The third kappa shape index (κ3) is 3.72. The van der Waals surface area contributed by atoms with Crippen LogP contribution in [0.2, 0.25) is 0 Å². The Labute approximate surface area is 154 Å². The van der Waals surface area contributed by atoms with Crippen LogP contribution in [0.25, 0.3) is 0 Å². The lowest BCUT2D eigenvalue weighted by Gasteiger charge is -2.33. The van der Waals surface area contributed by atoms with Gasteiger partial charge in [0.05, 0.1) is 11.1 Å². The summed E-state index contributed by atoms with van der Waals surface area (Å²) in [6, 6.07) is 10.7. The first-order valence-corrected chi connectivity index (χ1v) is 9.93. The number of carbonyl (C=O) groups excluding carboxylic acids is 1. The van der Waals surface area contributed by atoms with Crippen molar-refractivity contribution in [3.05, 3.63) is 46.7 Å². The molecule has 2 aliphatic rings. The number of nitriles is 1. The summed E-state index contributed by atoms with van der Waals surface area (Å²) in [4.78, 5) is 17.5. The van der Waals surface area contributed by atoms with Crippen molar-refractivity contribution >= 4 is 22.6 Å². The first-order valence-electron chi connectivity index (χ1n) is 8.95. The van der Waals surface area contributed by atoms with Gasteiger partial charge in [-0.2, -0.15) is 5.26 Å². The van der Waals surface area contributed by atoms with Crippen molar-refractivity contribution in [2.24, 2.45) is 16.8 Å².